The second kappa shape index (κ2) is 12.6. The molecule has 0 spiro atoms. The van der Waals surface area contributed by atoms with E-state index in [4.69, 9.17) is 0 Å². The van der Waals surface area contributed by atoms with E-state index >= 15 is 0 Å². The fraction of sp³-hybridized carbons (Fsp3) is 0.571. The first-order chi connectivity index (χ1) is 17.0. The number of halogens is 1. The molecule has 2 aromatic rings. The van der Waals surface area contributed by atoms with E-state index in [9.17, 15) is 14.0 Å². The van der Waals surface area contributed by atoms with Crippen molar-refractivity contribution in [2.75, 3.05) is 32.7 Å². The minimum Gasteiger partial charge on any atom is -0.332 e. The van der Waals surface area contributed by atoms with Crippen molar-refractivity contribution in [1.29, 1.82) is 0 Å². The molecule has 1 saturated heterocycles. The second-order valence-electron chi connectivity index (χ2n) is 10.0. The summed E-state index contributed by atoms with van der Waals surface area (Å²) in [6.07, 6.45) is 7.67. The molecule has 0 atom stereocenters. The number of likely N-dealkylation sites (tertiary alicyclic amines) is 1. The highest BCUT2D eigenvalue weighted by Crippen LogP contribution is 2.26. The molecule has 0 radical (unpaired) electrons. The molecule has 1 aliphatic carbocycles. The molecule has 0 N–H and O–H groups in total. The van der Waals surface area contributed by atoms with Crippen molar-refractivity contribution in [3.05, 3.63) is 57.5 Å². The summed E-state index contributed by atoms with van der Waals surface area (Å²) >= 11 is 1.64. The Morgan fingerprint density at radius 1 is 0.971 bits per heavy atom. The molecule has 2 heterocycles. The van der Waals surface area contributed by atoms with Crippen molar-refractivity contribution in [3.63, 3.8) is 0 Å². The Bertz CT molecular complexity index is 965. The second-order valence-corrected chi connectivity index (χ2v) is 11.0. The number of thiophene rings is 1. The lowest BCUT2D eigenvalue weighted by molar-refractivity contribution is -0.144. The van der Waals surface area contributed by atoms with E-state index in [-0.39, 0.29) is 30.1 Å². The lowest BCUT2D eigenvalue weighted by atomic mass is 9.88. The van der Waals surface area contributed by atoms with E-state index in [1.807, 2.05) is 15.2 Å². The first-order valence-corrected chi connectivity index (χ1v) is 13.9. The van der Waals surface area contributed by atoms with Crippen LogP contribution in [-0.2, 0) is 22.7 Å². The van der Waals surface area contributed by atoms with Gasteiger partial charge in [-0.25, -0.2) is 4.39 Å². The average molecular weight is 500 g/mol. The van der Waals surface area contributed by atoms with Gasteiger partial charge in [-0.15, -0.1) is 11.3 Å². The lowest BCUT2D eigenvalue weighted by Crippen LogP contribution is -2.47. The predicted octanol–water partition coefficient (Wildman–Crippen LogP) is 5.23. The standard InChI is InChI=1S/C28H38FN3O2S/c1-22-13-18-35-26(22)20-32(19-23-9-11-25(29)12-10-23)27(33)21-31(17-16-30-14-5-6-15-30)28(34)24-7-3-2-4-8-24/h9-13,18,24H,2-8,14-17,19-21H2,1H3. The summed E-state index contributed by atoms with van der Waals surface area (Å²) in [5, 5.41) is 2.04. The molecule has 2 fully saturated rings. The van der Waals surface area contributed by atoms with E-state index < -0.39 is 0 Å². The lowest BCUT2D eigenvalue weighted by Gasteiger charge is -2.32. The van der Waals surface area contributed by atoms with E-state index in [2.05, 4.69) is 17.9 Å². The summed E-state index contributed by atoms with van der Waals surface area (Å²) < 4.78 is 13.5. The van der Waals surface area contributed by atoms with Crippen LogP contribution in [0.4, 0.5) is 4.39 Å². The van der Waals surface area contributed by atoms with Gasteiger partial charge in [0.05, 0.1) is 13.1 Å². The highest BCUT2D eigenvalue weighted by Gasteiger charge is 2.29. The SMILES string of the molecule is Cc1ccsc1CN(Cc1ccc(F)cc1)C(=O)CN(CCN1CCCC1)C(=O)C1CCCCC1. The molecule has 5 nitrogen and oxygen atoms in total. The molecule has 2 amide bonds. The van der Waals surface area contributed by atoms with Crippen molar-refractivity contribution >= 4 is 23.2 Å². The van der Waals surface area contributed by atoms with Gasteiger partial charge >= 0.3 is 0 Å². The van der Waals surface area contributed by atoms with E-state index in [1.165, 1.54) is 31.4 Å². The van der Waals surface area contributed by atoms with Crippen LogP contribution < -0.4 is 0 Å². The maximum absolute atomic E-state index is 13.7. The fourth-order valence-electron chi connectivity index (χ4n) is 5.19. The topological polar surface area (TPSA) is 43.9 Å². The van der Waals surface area contributed by atoms with Gasteiger partial charge in [0, 0.05) is 30.4 Å². The Labute approximate surface area is 212 Å². The molecule has 1 aromatic carbocycles. The largest absolute Gasteiger partial charge is 0.332 e. The molecule has 1 aliphatic heterocycles. The highest BCUT2D eigenvalue weighted by atomic mass is 32.1. The highest BCUT2D eigenvalue weighted by molar-refractivity contribution is 7.10. The van der Waals surface area contributed by atoms with Crippen molar-refractivity contribution < 1.29 is 14.0 Å². The Morgan fingerprint density at radius 3 is 2.34 bits per heavy atom. The molecule has 0 unspecified atom stereocenters. The van der Waals surface area contributed by atoms with E-state index in [0.29, 0.717) is 19.6 Å². The predicted molar refractivity (Wildman–Crippen MR) is 139 cm³/mol. The Kier molecular flexibility index (Phi) is 9.32. The quantitative estimate of drug-likeness (QED) is 0.450. The Morgan fingerprint density at radius 2 is 1.69 bits per heavy atom. The van der Waals surface area contributed by atoms with Crippen LogP contribution in [0.15, 0.2) is 35.7 Å². The van der Waals surface area contributed by atoms with Gasteiger partial charge in [0.1, 0.15) is 5.82 Å². The van der Waals surface area contributed by atoms with Crippen LogP contribution in [0.3, 0.4) is 0 Å². The third kappa shape index (κ3) is 7.37. The molecule has 7 heteroatoms. The molecule has 0 bridgehead atoms. The van der Waals surface area contributed by atoms with Gasteiger partial charge in [0.2, 0.25) is 11.8 Å². The normalized spacial score (nSPS) is 17.0. The smallest absolute Gasteiger partial charge is 0.242 e. The van der Waals surface area contributed by atoms with E-state index in [1.54, 1.807) is 23.5 Å². The van der Waals surface area contributed by atoms with Gasteiger partial charge in [0.25, 0.3) is 0 Å². The third-order valence-electron chi connectivity index (χ3n) is 7.42. The number of carbonyl (C=O) groups is 2. The van der Waals surface area contributed by atoms with E-state index in [0.717, 1.165) is 61.3 Å². The summed E-state index contributed by atoms with van der Waals surface area (Å²) in [5.41, 5.74) is 2.05. The summed E-state index contributed by atoms with van der Waals surface area (Å²) in [6, 6.07) is 8.40. The van der Waals surface area contributed by atoms with Gasteiger partial charge in [0.15, 0.2) is 0 Å². The number of hydrogen-bond acceptors (Lipinski definition) is 4. The van der Waals surface area contributed by atoms with Gasteiger partial charge in [-0.3, -0.25) is 9.59 Å². The van der Waals surface area contributed by atoms with Crippen LogP contribution in [-0.4, -0.2) is 59.2 Å². The first-order valence-electron chi connectivity index (χ1n) is 13.1. The zero-order chi connectivity index (χ0) is 24.6. The molecule has 2 aliphatic rings. The number of rotatable bonds is 10. The van der Waals surface area contributed by atoms with Crippen molar-refractivity contribution in [2.24, 2.45) is 5.92 Å². The summed E-state index contributed by atoms with van der Waals surface area (Å²) in [4.78, 5) is 34.4. The van der Waals surface area contributed by atoms with Crippen LogP contribution in [0.5, 0.6) is 0 Å². The number of hydrogen-bond donors (Lipinski definition) is 0. The zero-order valence-corrected chi connectivity index (χ0v) is 21.7. The average Bonchev–Trinajstić information content (AvgIpc) is 3.54. The molecule has 1 saturated carbocycles. The Balaban J connectivity index is 1.49. The molecule has 190 valence electrons. The summed E-state index contributed by atoms with van der Waals surface area (Å²) in [6.45, 7) is 6.64. The fourth-order valence-corrected chi connectivity index (χ4v) is 6.11. The molecule has 4 rings (SSSR count). The maximum Gasteiger partial charge on any atom is 0.242 e. The molecular formula is C28H38FN3O2S. The number of nitrogens with zero attached hydrogens (tertiary/aromatic N) is 3. The summed E-state index contributed by atoms with van der Waals surface area (Å²) in [7, 11) is 0. The van der Waals surface area contributed by atoms with Gasteiger partial charge < -0.3 is 14.7 Å². The maximum atomic E-state index is 13.7. The van der Waals surface area contributed by atoms with Crippen molar-refractivity contribution in [3.8, 4) is 0 Å². The van der Waals surface area contributed by atoms with Crippen molar-refractivity contribution in [2.45, 2.75) is 65.0 Å². The van der Waals surface area contributed by atoms with Crippen LogP contribution in [0.1, 0.15) is 60.9 Å². The minimum absolute atomic E-state index is 0.0419. The molecule has 35 heavy (non-hydrogen) atoms. The van der Waals surface area contributed by atoms with Crippen LogP contribution in [0.25, 0.3) is 0 Å². The zero-order valence-electron chi connectivity index (χ0n) is 20.9. The Hall–Kier alpha value is -2.25. The van der Waals surface area contributed by atoms with Crippen molar-refractivity contribution in [1.82, 2.24) is 14.7 Å². The van der Waals surface area contributed by atoms with Gasteiger partial charge in [-0.2, -0.15) is 0 Å². The van der Waals surface area contributed by atoms with Crippen LogP contribution in [0, 0.1) is 18.7 Å². The number of amides is 2. The van der Waals surface area contributed by atoms with Gasteiger partial charge in [-0.05, 0) is 80.4 Å². The monoisotopic (exact) mass is 499 g/mol. The van der Waals surface area contributed by atoms with Crippen LogP contribution >= 0.6 is 11.3 Å². The first kappa shape index (κ1) is 25.8. The molecule has 1 aromatic heterocycles. The molecular weight excluding hydrogens is 461 g/mol. The van der Waals surface area contributed by atoms with Gasteiger partial charge in [-0.1, -0.05) is 31.4 Å². The number of aryl methyl sites for hydroxylation is 1. The number of benzene rings is 1. The third-order valence-corrected chi connectivity index (χ3v) is 8.43. The minimum atomic E-state index is -0.285. The number of carbonyl (C=O) groups excluding carboxylic acids is 2. The summed E-state index contributed by atoms with van der Waals surface area (Å²) in [5.74, 6) is -0.147. The van der Waals surface area contributed by atoms with Crippen LogP contribution in [0.2, 0.25) is 0 Å².